The highest BCUT2D eigenvalue weighted by molar-refractivity contribution is 7.90. The quantitative estimate of drug-likeness (QED) is 0.834. The minimum Gasteiger partial charge on any atom is -0.399 e. The summed E-state index contributed by atoms with van der Waals surface area (Å²) in [6, 6.07) is 5.28. The Morgan fingerprint density at radius 1 is 1.37 bits per heavy atom. The number of hydrogen-bond donors (Lipinski definition) is 2. The highest BCUT2D eigenvalue weighted by atomic mass is 32.2. The largest absolute Gasteiger partial charge is 0.399 e. The van der Waals surface area contributed by atoms with Crippen molar-refractivity contribution in [2.45, 2.75) is 39.2 Å². The Labute approximate surface area is 115 Å². The van der Waals surface area contributed by atoms with Crippen molar-refractivity contribution >= 4 is 21.6 Å². The van der Waals surface area contributed by atoms with Crippen LogP contribution in [0.2, 0.25) is 0 Å². The first-order valence-corrected chi connectivity index (χ1v) is 8.00. The zero-order chi connectivity index (χ0) is 14.0. The average Bonchev–Trinajstić information content (AvgIpc) is 2.34. The molecule has 19 heavy (non-hydrogen) atoms. The zero-order valence-corrected chi connectivity index (χ0v) is 12.2. The summed E-state index contributed by atoms with van der Waals surface area (Å²) in [5.41, 5.74) is 7.67. The lowest BCUT2D eigenvalue weighted by molar-refractivity contribution is 0.270. The minimum absolute atomic E-state index is 0.0487. The molecule has 106 valence electrons. The van der Waals surface area contributed by atoms with E-state index in [2.05, 4.69) is 4.72 Å². The fourth-order valence-electron chi connectivity index (χ4n) is 2.38. The molecular weight excluding hydrogens is 262 g/mol. The van der Waals surface area contributed by atoms with Gasteiger partial charge < -0.3 is 5.73 Å². The first kappa shape index (κ1) is 14.1. The second-order valence-electron chi connectivity index (χ2n) is 5.14. The number of rotatable bonds is 3. The maximum Gasteiger partial charge on any atom is 0.301 e. The van der Waals surface area contributed by atoms with Crippen LogP contribution in [0.4, 0.5) is 11.4 Å². The number of nitrogen functional groups attached to an aromatic ring is 1. The minimum atomic E-state index is -3.50. The Bertz CT molecular complexity index is 557. The van der Waals surface area contributed by atoms with E-state index in [0.717, 1.165) is 24.8 Å². The molecule has 1 aliphatic rings. The molecular formula is C13H21N3O2S. The fourth-order valence-corrected chi connectivity index (χ4v) is 3.94. The monoisotopic (exact) mass is 283 g/mol. The molecule has 1 fully saturated rings. The predicted octanol–water partition coefficient (Wildman–Crippen LogP) is 2.11. The van der Waals surface area contributed by atoms with Gasteiger partial charge in [0.2, 0.25) is 0 Å². The molecule has 0 spiro atoms. The normalized spacial score (nSPS) is 21.3. The predicted molar refractivity (Wildman–Crippen MR) is 78.2 cm³/mol. The van der Waals surface area contributed by atoms with E-state index in [4.69, 9.17) is 5.73 Å². The van der Waals surface area contributed by atoms with Crippen LogP contribution in [0, 0.1) is 6.92 Å². The van der Waals surface area contributed by atoms with Crippen molar-refractivity contribution in [3.63, 3.8) is 0 Å². The van der Waals surface area contributed by atoms with Crippen molar-refractivity contribution in [3.8, 4) is 0 Å². The molecule has 0 saturated carbocycles. The maximum atomic E-state index is 12.4. The lowest BCUT2D eigenvalue weighted by Crippen LogP contribution is -2.44. The Morgan fingerprint density at radius 2 is 2.11 bits per heavy atom. The first-order valence-electron chi connectivity index (χ1n) is 6.56. The molecule has 0 aliphatic carbocycles. The van der Waals surface area contributed by atoms with E-state index in [1.807, 2.05) is 19.9 Å². The van der Waals surface area contributed by atoms with Crippen molar-refractivity contribution in [2.24, 2.45) is 0 Å². The van der Waals surface area contributed by atoms with Gasteiger partial charge in [0, 0.05) is 18.3 Å². The zero-order valence-electron chi connectivity index (χ0n) is 11.4. The second-order valence-corrected chi connectivity index (χ2v) is 6.76. The molecule has 6 heteroatoms. The van der Waals surface area contributed by atoms with Gasteiger partial charge in [-0.1, -0.05) is 12.5 Å². The molecule has 0 bridgehead atoms. The van der Waals surface area contributed by atoms with Gasteiger partial charge in [0.25, 0.3) is 0 Å². The summed E-state index contributed by atoms with van der Waals surface area (Å²) in [5.74, 6) is 0. The Balaban J connectivity index is 2.23. The number of anilines is 2. The SMILES string of the molecule is Cc1ccc(N)cc1NS(=O)(=O)N1CCCCC1C. The van der Waals surface area contributed by atoms with Gasteiger partial charge in [-0.25, -0.2) is 0 Å². The summed E-state index contributed by atoms with van der Waals surface area (Å²) in [6.45, 7) is 4.39. The van der Waals surface area contributed by atoms with Crippen LogP contribution in [0.15, 0.2) is 18.2 Å². The maximum absolute atomic E-state index is 12.4. The summed E-state index contributed by atoms with van der Waals surface area (Å²) in [6.07, 6.45) is 2.92. The number of piperidine rings is 1. The van der Waals surface area contributed by atoms with Crippen LogP contribution in [0.1, 0.15) is 31.7 Å². The van der Waals surface area contributed by atoms with Crippen LogP contribution in [-0.2, 0) is 10.2 Å². The van der Waals surface area contributed by atoms with Crippen molar-refractivity contribution in [3.05, 3.63) is 23.8 Å². The van der Waals surface area contributed by atoms with Crippen molar-refractivity contribution in [1.82, 2.24) is 4.31 Å². The molecule has 0 radical (unpaired) electrons. The topological polar surface area (TPSA) is 75.4 Å². The lowest BCUT2D eigenvalue weighted by Gasteiger charge is -2.32. The fraction of sp³-hybridized carbons (Fsp3) is 0.538. The van der Waals surface area contributed by atoms with Gasteiger partial charge >= 0.3 is 10.2 Å². The summed E-state index contributed by atoms with van der Waals surface area (Å²) < 4.78 is 29.0. The van der Waals surface area contributed by atoms with Crippen LogP contribution in [-0.4, -0.2) is 25.3 Å². The molecule has 3 N–H and O–H groups in total. The van der Waals surface area contributed by atoms with Crippen molar-refractivity contribution in [2.75, 3.05) is 17.0 Å². The van der Waals surface area contributed by atoms with E-state index in [-0.39, 0.29) is 6.04 Å². The molecule has 1 saturated heterocycles. The number of hydrogen-bond acceptors (Lipinski definition) is 3. The molecule has 0 amide bonds. The average molecular weight is 283 g/mol. The second kappa shape index (κ2) is 5.38. The third kappa shape index (κ3) is 3.19. The molecule has 5 nitrogen and oxygen atoms in total. The molecule has 1 unspecified atom stereocenters. The van der Waals surface area contributed by atoms with Crippen LogP contribution in [0.3, 0.4) is 0 Å². The molecule has 1 heterocycles. The van der Waals surface area contributed by atoms with Gasteiger partial charge in [0.15, 0.2) is 0 Å². The smallest absolute Gasteiger partial charge is 0.301 e. The molecule has 1 aromatic rings. The van der Waals surface area contributed by atoms with Gasteiger partial charge in [-0.2, -0.15) is 12.7 Å². The van der Waals surface area contributed by atoms with E-state index >= 15 is 0 Å². The van der Waals surface area contributed by atoms with Crippen molar-refractivity contribution < 1.29 is 8.42 Å². The highest BCUT2D eigenvalue weighted by Crippen LogP contribution is 2.24. The van der Waals surface area contributed by atoms with Gasteiger partial charge in [0.1, 0.15) is 0 Å². The van der Waals surface area contributed by atoms with E-state index in [0.29, 0.717) is 17.9 Å². The van der Waals surface area contributed by atoms with Crippen molar-refractivity contribution in [1.29, 1.82) is 0 Å². The molecule has 0 aromatic heterocycles. The van der Waals surface area contributed by atoms with E-state index in [1.54, 1.807) is 16.4 Å². The molecule has 1 atom stereocenters. The van der Waals surface area contributed by atoms with Gasteiger partial charge in [-0.3, -0.25) is 4.72 Å². The number of nitrogens with one attached hydrogen (secondary N) is 1. The standard InChI is InChI=1S/C13H21N3O2S/c1-10-6-7-12(14)9-13(10)15-19(17,18)16-8-4-3-5-11(16)2/h6-7,9,11,15H,3-5,8,14H2,1-2H3. The van der Waals surface area contributed by atoms with Gasteiger partial charge in [-0.15, -0.1) is 0 Å². The van der Waals surface area contributed by atoms with Gasteiger partial charge in [0.05, 0.1) is 5.69 Å². The van der Waals surface area contributed by atoms with Crippen LogP contribution >= 0.6 is 0 Å². The van der Waals surface area contributed by atoms with Gasteiger partial charge in [-0.05, 0) is 44.4 Å². The summed E-state index contributed by atoms with van der Waals surface area (Å²) in [4.78, 5) is 0. The molecule has 2 rings (SSSR count). The van der Waals surface area contributed by atoms with Crippen LogP contribution in [0.5, 0.6) is 0 Å². The van der Waals surface area contributed by atoms with E-state index in [9.17, 15) is 8.42 Å². The summed E-state index contributed by atoms with van der Waals surface area (Å²) >= 11 is 0. The Kier molecular flexibility index (Phi) is 4.01. The van der Waals surface area contributed by atoms with E-state index < -0.39 is 10.2 Å². The number of aryl methyl sites for hydroxylation is 1. The number of nitrogens with zero attached hydrogens (tertiary/aromatic N) is 1. The molecule has 1 aliphatic heterocycles. The summed E-state index contributed by atoms with van der Waals surface area (Å²) in [5, 5.41) is 0. The van der Waals surface area contributed by atoms with Crippen LogP contribution in [0.25, 0.3) is 0 Å². The van der Waals surface area contributed by atoms with Crippen LogP contribution < -0.4 is 10.5 Å². The molecule has 1 aromatic carbocycles. The highest BCUT2D eigenvalue weighted by Gasteiger charge is 2.29. The Hall–Kier alpha value is -1.27. The number of benzene rings is 1. The third-order valence-corrected chi connectivity index (χ3v) is 5.19. The third-order valence-electron chi connectivity index (χ3n) is 3.55. The first-order chi connectivity index (χ1) is 8.90. The van der Waals surface area contributed by atoms with E-state index in [1.165, 1.54) is 0 Å². The number of nitrogens with two attached hydrogens (primary N) is 1. The lowest BCUT2D eigenvalue weighted by atomic mass is 10.1. The summed E-state index contributed by atoms with van der Waals surface area (Å²) in [7, 11) is -3.50. The Morgan fingerprint density at radius 3 is 2.79 bits per heavy atom.